The largest absolute Gasteiger partial charge is 0.294 e. The molecule has 172 valence electrons. The molecule has 0 aliphatic carbocycles. The Morgan fingerprint density at radius 3 is 2.12 bits per heavy atom. The van der Waals surface area contributed by atoms with E-state index in [4.69, 9.17) is 4.98 Å². The molecule has 0 unspecified atom stereocenters. The zero-order valence-electron chi connectivity index (χ0n) is 19.6. The summed E-state index contributed by atoms with van der Waals surface area (Å²) in [7, 11) is 0. The van der Waals surface area contributed by atoms with E-state index in [1.54, 1.807) is 11.8 Å². The van der Waals surface area contributed by atoms with E-state index in [1.165, 1.54) is 10.5 Å². The first kappa shape index (κ1) is 22.6. The Hall–Kier alpha value is -3.15. The van der Waals surface area contributed by atoms with Gasteiger partial charge in [-0.05, 0) is 42.0 Å². The van der Waals surface area contributed by atoms with Crippen LogP contribution in [0.25, 0.3) is 0 Å². The van der Waals surface area contributed by atoms with Crippen molar-refractivity contribution in [3.8, 4) is 0 Å². The molecule has 1 aliphatic rings. The van der Waals surface area contributed by atoms with E-state index in [0.29, 0.717) is 6.54 Å². The van der Waals surface area contributed by atoms with Crippen LogP contribution in [0, 0.1) is 6.92 Å². The van der Waals surface area contributed by atoms with Crippen molar-refractivity contribution in [3.63, 3.8) is 0 Å². The Balaban J connectivity index is 1.52. The van der Waals surface area contributed by atoms with Crippen LogP contribution in [0.4, 0.5) is 0 Å². The van der Waals surface area contributed by atoms with Gasteiger partial charge in [0.1, 0.15) is 5.82 Å². The molecule has 0 amide bonds. The molecule has 5 rings (SSSR count). The van der Waals surface area contributed by atoms with Crippen LogP contribution in [-0.2, 0) is 19.5 Å². The number of benzene rings is 3. The Labute approximate surface area is 205 Å². The van der Waals surface area contributed by atoms with Gasteiger partial charge in [-0.15, -0.1) is 11.8 Å². The summed E-state index contributed by atoms with van der Waals surface area (Å²) < 4.78 is 1.89. The second-order valence-electron chi connectivity index (χ2n) is 8.79. The quantitative estimate of drug-likeness (QED) is 0.353. The average molecular weight is 468 g/mol. The maximum Gasteiger partial charge on any atom is 0.259 e. The molecule has 0 fully saturated rings. The summed E-state index contributed by atoms with van der Waals surface area (Å²) in [6.45, 7) is 4.33. The van der Waals surface area contributed by atoms with Gasteiger partial charge in [0.2, 0.25) is 0 Å². The fraction of sp³-hybridized carbons (Fsp3) is 0.241. The van der Waals surface area contributed by atoms with Crippen LogP contribution in [0.1, 0.15) is 39.8 Å². The number of nitrogens with zero attached hydrogens (tertiary/aromatic N) is 3. The molecular weight excluding hydrogens is 438 g/mol. The van der Waals surface area contributed by atoms with E-state index in [-0.39, 0.29) is 11.6 Å². The number of aromatic nitrogens is 2. The minimum absolute atomic E-state index is 0.0719. The number of rotatable bonds is 6. The number of hydrogen-bond acceptors (Lipinski definition) is 4. The Morgan fingerprint density at radius 1 is 0.912 bits per heavy atom. The van der Waals surface area contributed by atoms with Crippen molar-refractivity contribution in [1.29, 1.82) is 0 Å². The Morgan fingerprint density at radius 2 is 1.53 bits per heavy atom. The van der Waals surface area contributed by atoms with Crippen LogP contribution in [0.3, 0.4) is 0 Å². The average Bonchev–Trinajstić information content (AvgIpc) is 2.88. The van der Waals surface area contributed by atoms with Crippen molar-refractivity contribution in [3.05, 3.63) is 129 Å². The van der Waals surface area contributed by atoms with Crippen molar-refractivity contribution >= 4 is 11.8 Å². The van der Waals surface area contributed by atoms with Crippen LogP contribution < -0.4 is 5.56 Å². The maximum absolute atomic E-state index is 14.0. The summed E-state index contributed by atoms with van der Waals surface area (Å²) in [4.78, 5) is 22.6. The second kappa shape index (κ2) is 10.00. The first-order valence-electron chi connectivity index (χ1n) is 11.7. The third-order valence-electron chi connectivity index (χ3n) is 6.57. The molecule has 34 heavy (non-hydrogen) atoms. The molecule has 4 nitrogen and oxygen atoms in total. The lowest BCUT2D eigenvalue weighted by Crippen LogP contribution is -2.40. The number of aryl methyl sites for hydroxylation is 1. The van der Waals surface area contributed by atoms with Crippen LogP contribution in [0.2, 0.25) is 0 Å². The van der Waals surface area contributed by atoms with Crippen molar-refractivity contribution in [2.24, 2.45) is 0 Å². The van der Waals surface area contributed by atoms with Gasteiger partial charge in [0.05, 0.1) is 17.3 Å². The fourth-order valence-electron chi connectivity index (χ4n) is 4.85. The lowest BCUT2D eigenvalue weighted by molar-refractivity contribution is 0.240. The molecule has 0 saturated heterocycles. The van der Waals surface area contributed by atoms with Gasteiger partial charge in [-0.3, -0.25) is 14.3 Å². The highest BCUT2D eigenvalue weighted by atomic mass is 32.2. The van der Waals surface area contributed by atoms with Crippen LogP contribution in [-0.4, -0.2) is 27.3 Å². The summed E-state index contributed by atoms with van der Waals surface area (Å²) >= 11 is 1.75. The third kappa shape index (κ3) is 4.59. The molecule has 3 aromatic carbocycles. The van der Waals surface area contributed by atoms with Crippen LogP contribution in [0.15, 0.2) is 94.6 Å². The first-order valence-corrected chi connectivity index (χ1v) is 12.9. The molecule has 0 saturated carbocycles. The molecule has 4 aromatic rings. The van der Waals surface area contributed by atoms with E-state index in [2.05, 4.69) is 59.7 Å². The molecule has 0 bridgehead atoms. The number of thioether (sulfide) groups is 1. The number of hydrogen-bond donors (Lipinski definition) is 0. The summed E-state index contributed by atoms with van der Waals surface area (Å²) in [6.07, 6.45) is 2.89. The number of fused-ring (bicyclic) bond motifs is 1. The fourth-order valence-corrected chi connectivity index (χ4v) is 5.26. The summed E-state index contributed by atoms with van der Waals surface area (Å²) in [5.41, 5.74) is 5.29. The maximum atomic E-state index is 14.0. The predicted octanol–water partition coefficient (Wildman–Crippen LogP) is 5.47. The SMILES string of the molecule is CSc1ccc(CN2CCc3nc(C)n(C(c4ccccc4)c4ccccc4)c(=O)c3C2)cc1. The van der Waals surface area contributed by atoms with Gasteiger partial charge in [-0.25, -0.2) is 4.98 Å². The minimum Gasteiger partial charge on any atom is -0.294 e. The molecule has 1 aliphatic heterocycles. The van der Waals surface area contributed by atoms with Crippen LogP contribution >= 0.6 is 11.8 Å². The first-order chi connectivity index (χ1) is 16.6. The van der Waals surface area contributed by atoms with Gasteiger partial charge >= 0.3 is 0 Å². The summed E-state index contributed by atoms with van der Waals surface area (Å²) in [6, 6.07) is 29.0. The highest BCUT2D eigenvalue weighted by Crippen LogP contribution is 2.27. The Bertz CT molecular complexity index is 1280. The lowest BCUT2D eigenvalue weighted by Gasteiger charge is -2.30. The van der Waals surface area contributed by atoms with Gasteiger partial charge < -0.3 is 0 Å². The smallest absolute Gasteiger partial charge is 0.259 e. The van der Waals surface area contributed by atoms with E-state index in [9.17, 15) is 4.79 Å². The Kier molecular flexibility index (Phi) is 6.66. The highest BCUT2D eigenvalue weighted by molar-refractivity contribution is 7.98. The van der Waals surface area contributed by atoms with Gasteiger partial charge in [-0.2, -0.15) is 0 Å². The van der Waals surface area contributed by atoms with Crippen molar-refractivity contribution in [2.75, 3.05) is 12.8 Å². The van der Waals surface area contributed by atoms with Gasteiger partial charge in [0.25, 0.3) is 5.56 Å². The van der Waals surface area contributed by atoms with Crippen LogP contribution in [0.5, 0.6) is 0 Å². The zero-order valence-corrected chi connectivity index (χ0v) is 20.5. The van der Waals surface area contributed by atoms with Crippen molar-refractivity contribution < 1.29 is 0 Å². The van der Waals surface area contributed by atoms with Crippen molar-refractivity contribution in [1.82, 2.24) is 14.5 Å². The highest BCUT2D eigenvalue weighted by Gasteiger charge is 2.26. The predicted molar refractivity (Wildman–Crippen MR) is 139 cm³/mol. The molecule has 0 atom stereocenters. The van der Waals surface area contributed by atoms with E-state index >= 15 is 0 Å². The minimum atomic E-state index is -0.206. The molecule has 0 radical (unpaired) electrons. The monoisotopic (exact) mass is 467 g/mol. The molecule has 0 N–H and O–H groups in total. The summed E-state index contributed by atoms with van der Waals surface area (Å²) in [5, 5.41) is 0. The van der Waals surface area contributed by atoms with Gasteiger partial charge in [0.15, 0.2) is 0 Å². The van der Waals surface area contributed by atoms with E-state index in [1.807, 2.05) is 47.9 Å². The molecule has 1 aromatic heterocycles. The molecule has 5 heteroatoms. The van der Waals surface area contributed by atoms with Crippen molar-refractivity contribution in [2.45, 2.75) is 37.4 Å². The molecule has 2 heterocycles. The van der Waals surface area contributed by atoms with E-state index < -0.39 is 0 Å². The standard InChI is InChI=1S/C29H29N3OS/c1-21-30-27-17-18-31(19-22-13-15-25(34-2)16-14-22)20-26(27)29(33)32(21)28(23-9-5-3-6-10-23)24-11-7-4-8-12-24/h3-16,28H,17-20H2,1-2H3. The topological polar surface area (TPSA) is 38.1 Å². The molecular formula is C29H29N3OS. The van der Waals surface area contributed by atoms with Gasteiger partial charge in [-0.1, -0.05) is 72.8 Å². The van der Waals surface area contributed by atoms with E-state index in [0.717, 1.165) is 47.7 Å². The zero-order chi connectivity index (χ0) is 23.5. The third-order valence-corrected chi connectivity index (χ3v) is 7.31. The summed E-state index contributed by atoms with van der Waals surface area (Å²) in [5.74, 6) is 0.766. The molecule has 0 spiro atoms. The van der Waals surface area contributed by atoms with Gasteiger partial charge in [0, 0.05) is 31.0 Å². The second-order valence-corrected chi connectivity index (χ2v) is 9.67. The normalized spacial score (nSPS) is 13.7. The lowest BCUT2D eigenvalue weighted by atomic mass is 9.97.